The minimum atomic E-state index is -0.147. The van der Waals surface area contributed by atoms with Crippen LogP contribution in [0.15, 0.2) is 94.7 Å². The molecule has 1 atom stereocenters. The maximum Gasteiger partial charge on any atom is 0.190 e. The second-order valence-electron chi connectivity index (χ2n) is 13.4. The van der Waals surface area contributed by atoms with Gasteiger partial charge in [0, 0.05) is 72.9 Å². The zero-order valence-corrected chi connectivity index (χ0v) is 30.3. The molecule has 0 bridgehead atoms. The molecule has 2 aliphatic rings. The van der Waals surface area contributed by atoms with E-state index < -0.39 is 0 Å². The highest BCUT2D eigenvalue weighted by molar-refractivity contribution is 6.22. The number of hydrogen-bond acceptors (Lipinski definition) is 6. The van der Waals surface area contributed by atoms with Gasteiger partial charge >= 0.3 is 0 Å². The van der Waals surface area contributed by atoms with Crippen LogP contribution >= 0.6 is 0 Å². The van der Waals surface area contributed by atoms with Gasteiger partial charge in [-0.2, -0.15) is 10.2 Å². The number of quaternary nitrogens is 1. The third kappa shape index (κ3) is 9.69. The molecule has 0 radical (unpaired) electrons. The normalized spacial score (nSPS) is 15.2. The molecule has 0 saturated heterocycles. The van der Waals surface area contributed by atoms with Gasteiger partial charge in [-0.3, -0.25) is 10.1 Å². The molecule has 3 N–H and O–H groups in total. The number of unbranched alkanes of at least 4 members (excludes halogenated alkanes) is 4. The highest BCUT2D eigenvalue weighted by atomic mass is 16.1. The summed E-state index contributed by atoms with van der Waals surface area (Å²) in [5.41, 5.74) is 9.19. The van der Waals surface area contributed by atoms with Crippen molar-refractivity contribution in [3.63, 3.8) is 0 Å². The predicted octanol–water partition coefficient (Wildman–Crippen LogP) is 9.83. The first kappa shape index (κ1) is 36.1. The van der Waals surface area contributed by atoms with Crippen LogP contribution in [0, 0.1) is 0 Å². The Labute approximate surface area is 294 Å². The Balaban J connectivity index is 1.13. The predicted molar refractivity (Wildman–Crippen MR) is 207 cm³/mol. The van der Waals surface area contributed by atoms with Crippen LogP contribution in [0.5, 0.6) is 0 Å². The van der Waals surface area contributed by atoms with Crippen LogP contribution in [0.3, 0.4) is 0 Å². The lowest BCUT2D eigenvalue weighted by molar-refractivity contribution is -0.565. The van der Waals surface area contributed by atoms with Crippen molar-refractivity contribution in [1.29, 1.82) is 0 Å². The summed E-state index contributed by atoms with van der Waals surface area (Å²) in [5, 5.41) is 14.9. The number of benzene rings is 3. The first-order valence-electron chi connectivity index (χ1n) is 18.8. The number of azo groups is 1. The summed E-state index contributed by atoms with van der Waals surface area (Å²) in [6, 6.07) is 23.3. The molecule has 0 aliphatic heterocycles. The summed E-state index contributed by atoms with van der Waals surface area (Å²) in [6.07, 6.45) is 14.4. The van der Waals surface area contributed by atoms with Gasteiger partial charge in [-0.05, 0) is 85.4 Å². The second kappa shape index (κ2) is 18.5. The monoisotopic (exact) mass is 661 g/mol. The number of carbonyl (C=O) groups excluding carboxylic acids is 1. The van der Waals surface area contributed by atoms with Gasteiger partial charge in [-0.1, -0.05) is 71.6 Å². The molecule has 0 heterocycles. The van der Waals surface area contributed by atoms with Gasteiger partial charge in [0.05, 0.1) is 11.7 Å². The molecule has 3 aromatic carbocycles. The van der Waals surface area contributed by atoms with E-state index in [1.54, 1.807) is 0 Å². The van der Waals surface area contributed by atoms with Crippen molar-refractivity contribution in [3.05, 3.63) is 95.6 Å². The average molecular weight is 662 g/mol. The van der Waals surface area contributed by atoms with Crippen LogP contribution in [0.25, 0.3) is 5.57 Å². The summed E-state index contributed by atoms with van der Waals surface area (Å²) in [5.74, 6) is 0.108. The first-order chi connectivity index (χ1) is 24.0. The number of ketones is 1. The fourth-order valence-corrected chi connectivity index (χ4v) is 6.60. The number of nitrogens with zero attached hydrogens (tertiary/aromatic N) is 4. The first-order valence-corrected chi connectivity index (χ1v) is 18.8. The van der Waals surface area contributed by atoms with Crippen LogP contribution in [0.4, 0.5) is 28.4 Å². The Kier molecular flexibility index (Phi) is 13.6. The van der Waals surface area contributed by atoms with E-state index in [2.05, 4.69) is 131 Å². The lowest BCUT2D eigenvalue weighted by Crippen LogP contribution is -2.79. The van der Waals surface area contributed by atoms with Crippen LogP contribution < -0.4 is 20.4 Å². The average Bonchev–Trinajstić information content (AvgIpc) is 3.41. The van der Waals surface area contributed by atoms with Crippen LogP contribution in [0.2, 0.25) is 0 Å². The van der Waals surface area contributed by atoms with E-state index in [0.29, 0.717) is 13.1 Å². The zero-order valence-electron chi connectivity index (χ0n) is 30.3. The maximum atomic E-state index is 13.6. The molecule has 0 aromatic heterocycles. The van der Waals surface area contributed by atoms with Gasteiger partial charge in [-0.25, -0.2) is 0 Å². The fourth-order valence-electron chi connectivity index (χ4n) is 6.60. The van der Waals surface area contributed by atoms with Crippen molar-refractivity contribution in [2.45, 2.75) is 91.5 Å². The Morgan fingerprint density at radius 2 is 1.31 bits per heavy atom. The molecule has 49 heavy (non-hydrogen) atoms. The number of nitrogens with one attached hydrogen (secondary N) is 1. The number of Topliss-reactive ketones (excluding diaryl/α,β-unsaturated/α-hetero) is 1. The number of carbonyl (C=O) groups is 1. The number of fused-ring (bicyclic) bond motifs is 2. The number of rotatable bonds is 20. The standard InChI is InChI=1S/C42H56N6O/c1-5-9-25-47(26-10-6-2)36-19-13-32(14-20-36)43-31-44-34-17-23-38-39-24-18-35(30-41(39)42(49)40(38)29-34)46-45-33-15-21-37(22-16-33)48(27-11-7-3)28-12-8-4/h13-24,29,35,43-44H,5-12,25-28,30-31H2,1-4H3/p+1. The second-order valence-corrected chi connectivity index (χ2v) is 13.4. The molecule has 5 rings (SSSR count). The molecule has 1 unspecified atom stereocenters. The van der Waals surface area contributed by atoms with Crippen molar-refractivity contribution in [2.75, 3.05) is 48.0 Å². The summed E-state index contributed by atoms with van der Waals surface area (Å²) >= 11 is 0. The molecule has 0 spiro atoms. The van der Waals surface area contributed by atoms with E-state index in [1.807, 2.05) is 6.07 Å². The summed E-state index contributed by atoms with van der Waals surface area (Å²) in [7, 11) is 0. The highest BCUT2D eigenvalue weighted by Crippen LogP contribution is 2.40. The molecule has 0 fully saturated rings. The fraction of sp³-hybridized carbons (Fsp3) is 0.452. The zero-order chi connectivity index (χ0) is 34.4. The number of anilines is 3. The van der Waals surface area contributed by atoms with Gasteiger partial charge in [0.15, 0.2) is 12.5 Å². The van der Waals surface area contributed by atoms with Gasteiger partial charge in [0.2, 0.25) is 0 Å². The SMILES string of the molecule is CCCCN(CCCC)c1ccc(N=NC2C=CC3=C(C2)C(=O)c2cc(NC[NH2+]c4ccc(N(CCCC)CCCC)cc4)ccc23)cc1. The van der Waals surface area contributed by atoms with Gasteiger partial charge in [0.1, 0.15) is 5.69 Å². The molecule has 260 valence electrons. The minimum absolute atomic E-state index is 0.108. The van der Waals surface area contributed by atoms with Gasteiger partial charge < -0.3 is 15.1 Å². The molecule has 3 aromatic rings. The largest absolute Gasteiger partial charge is 0.372 e. The third-order valence-electron chi connectivity index (χ3n) is 9.62. The smallest absolute Gasteiger partial charge is 0.190 e. The van der Waals surface area contributed by atoms with E-state index in [1.165, 1.54) is 68.4 Å². The van der Waals surface area contributed by atoms with E-state index in [9.17, 15) is 4.79 Å². The molecule has 7 nitrogen and oxygen atoms in total. The van der Waals surface area contributed by atoms with Crippen LogP contribution in [-0.2, 0) is 0 Å². The highest BCUT2D eigenvalue weighted by Gasteiger charge is 2.32. The Hall–Kier alpha value is -4.23. The minimum Gasteiger partial charge on any atom is -0.372 e. The summed E-state index contributed by atoms with van der Waals surface area (Å²) in [4.78, 5) is 18.5. The number of nitrogens with two attached hydrogens (primary N) is 1. The quantitative estimate of drug-likeness (QED) is 0.0718. The van der Waals surface area contributed by atoms with E-state index in [4.69, 9.17) is 0 Å². The number of hydrogen-bond donors (Lipinski definition) is 2. The molecule has 0 saturated carbocycles. The van der Waals surface area contributed by atoms with Crippen molar-refractivity contribution >= 4 is 39.8 Å². The van der Waals surface area contributed by atoms with E-state index >= 15 is 0 Å². The van der Waals surface area contributed by atoms with Crippen molar-refractivity contribution < 1.29 is 10.1 Å². The lowest BCUT2D eigenvalue weighted by Gasteiger charge is -2.24. The van der Waals surface area contributed by atoms with Crippen molar-refractivity contribution in [2.24, 2.45) is 10.2 Å². The van der Waals surface area contributed by atoms with Crippen molar-refractivity contribution in [3.8, 4) is 0 Å². The van der Waals surface area contributed by atoms with E-state index in [0.717, 1.165) is 59.8 Å². The Morgan fingerprint density at radius 1 is 0.735 bits per heavy atom. The third-order valence-corrected chi connectivity index (χ3v) is 9.62. The van der Waals surface area contributed by atoms with Crippen LogP contribution in [-0.4, -0.2) is 44.7 Å². The van der Waals surface area contributed by atoms with Gasteiger partial charge in [0.25, 0.3) is 0 Å². The maximum absolute atomic E-state index is 13.6. The van der Waals surface area contributed by atoms with Crippen LogP contribution in [0.1, 0.15) is 101 Å². The molecular formula is C42H57N6O+. The molecule has 0 amide bonds. The molecular weight excluding hydrogens is 605 g/mol. The molecule has 7 heteroatoms. The van der Waals surface area contributed by atoms with E-state index in [-0.39, 0.29) is 11.8 Å². The van der Waals surface area contributed by atoms with Gasteiger partial charge in [-0.15, -0.1) is 0 Å². The summed E-state index contributed by atoms with van der Waals surface area (Å²) in [6.45, 7) is 14.1. The van der Waals surface area contributed by atoms with Crippen molar-refractivity contribution in [1.82, 2.24) is 0 Å². The number of allylic oxidation sites excluding steroid dienone is 2. The Morgan fingerprint density at radius 3 is 1.88 bits per heavy atom. The topological polar surface area (TPSA) is 76.9 Å². The lowest BCUT2D eigenvalue weighted by atomic mass is 9.95. The molecule has 2 aliphatic carbocycles. The Bertz CT molecular complexity index is 1570. The summed E-state index contributed by atoms with van der Waals surface area (Å²) < 4.78 is 0.